The van der Waals surface area contributed by atoms with Gasteiger partial charge in [0.2, 0.25) is 0 Å². The van der Waals surface area contributed by atoms with Gasteiger partial charge in [0, 0.05) is 24.7 Å². The average molecular weight is 196 g/mol. The highest BCUT2D eigenvalue weighted by Gasteiger charge is 2.16. The minimum Gasteiger partial charge on any atom is -0.262 e. The van der Waals surface area contributed by atoms with E-state index in [2.05, 4.69) is 5.10 Å². The highest BCUT2D eigenvalue weighted by Crippen LogP contribution is 2.23. The highest BCUT2D eigenvalue weighted by molar-refractivity contribution is 5.85. The van der Waals surface area contributed by atoms with Gasteiger partial charge in [0.1, 0.15) is 5.82 Å². The quantitative estimate of drug-likeness (QED) is 0.674. The van der Waals surface area contributed by atoms with E-state index >= 15 is 0 Å². The molecule has 2 nitrogen and oxygen atoms in total. The Labute approximate surface area is 80.8 Å². The van der Waals surface area contributed by atoms with E-state index < -0.39 is 11.6 Å². The molecule has 1 aromatic carbocycles. The third-order valence-electron chi connectivity index (χ3n) is 2.16. The number of anilines is 1. The first-order valence-corrected chi connectivity index (χ1v) is 4.43. The van der Waals surface area contributed by atoms with Crippen molar-refractivity contribution < 1.29 is 8.78 Å². The Morgan fingerprint density at radius 2 is 2.14 bits per heavy atom. The molecule has 14 heavy (non-hydrogen) atoms. The van der Waals surface area contributed by atoms with E-state index in [-0.39, 0.29) is 0 Å². The van der Waals surface area contributed by atoms with E-state index in [1.54, 1.807) is 5.01 Å². The summed E-state index contributed by atoms with van der Waals surface area (Å²) < 4.78 is 25.9. The summed E-state index contributed by atoms with van der Waals surface area (Å²) in [7, 11) is 0. The minimum atomic E-state index is -0.566. The first-order chi connectivity index (χ1) is 6.66. The first-order valence-electron chi connectivity index (χ1n) is 4.43. The molecule has 0 spiro atoms. The van der Waals surface area contributed by atoms with Gasteiger partial charge in [-0.05, 0) is 19.1 Å². The lowest BCUT2D eigenvalue weighted by Crippen LogP contribution is -2.13. The predicted molar refractivity (Wildman–Crippen MR) is 51.4 cm³/mol. The second-order valence-electron chi connectivity index (χ2n) is 3.30. The van der Waals surface area contributed by atoms with Gasteiger partial charge in [-0.15, -0.1) is 0 Å². The van der Waals surface area contributed by atoms with E-state index in [9.17, 15) is 8.78 Å². The summed E-state index contributed by atoms with van der Waals surface area (Å²) in [5, 5.41) is 5.70. The van der Waals surface area contributed by atoms with Crippen molar-refractivity contribution in [2.24, 2.45) is 5.10 Å². The molecular weight excluding hydrogens is 186 g/mol. The van der Waals surface area contributed by atoms with Crippen LogP contribution in [0.1, 0.15) is 13.3 Å². The van der Waals surface area contributed by atoms with Crippen LogP contribution in [-0.2, 0) is 0 Å². The maximum atomic E-state index is 13.3. The van der Waals surface area contributed by atoms with Crippen LogP contribution in [0.2, 0.25) is 0 Å². The van der Waals surface area contributed by atoms with Crippen LogP contribution in [0, 0.1) is 11.6 Å². The monoisotopic (exact) mass is 196 g/mol. The smallest absolute Gasteiger partial charge is 0.151 e. The Morgan fingerprint density at radius 3 is 2.71 bits per heavy atom. The van der Waals surface area contributed by atoms with Gasteiger partial charge in [0.25, 0.3) is 0 Å². The zero-order chi connectivity index (χ0) is 10.1. The number of hydrogen-bond acceptors (Lipinski definition) is 2. The molecule has 0 unspecified atom stereocenters. The fourth-order valence-electron chi connectivity index (χ4n) is 1.44. The van der Waals surface area contributed by atoms with Gasteiger partial charge in [-0.25, -0.2) is 8.78 Å². The van der Waals surface area contributed by atoms with Gasteiger partial charge in [-0.3, -0.25) is 5.01 Å². The molecule has 0 fully saturated rings. The lowest BCUT2D eigenvalue weighted by Gasteiger charge is -2.13. The molecule has 0 amide bonds. The number of hydrazone groups is 1. The second-order valence-corrected chi connectivity index (χ2v) is 3.30. The Kier molecular flexibility index (Phi) is 2.19. The molecule has 2 rings (SSSR count). The van der Waals surface area contributed by atoms with E-state index in [0.717, 1.165) is 18.2 Å². The van der Waals surface area contributed by atoms with Crippen LogP contribution in [-0.4, -0.2) is 12.3 Å². The van der Waals surface area contributed by atoms with Gasteiger partial charge < -0.3 is 0 Å². The molecular formula is C10H10F2N2. The molecule has 1 aliphatic heterocycles. The average Bonchev–Trinajstić information content (AvgIpc) is 2.51. The normalized spacial score (nSPS) is 15.9. The van der Waals surface area contributed by atoms with Crippen LogP contribution >= 0.6 is 0 Å². The van der Waals surface area contributed by atoms with Crippen molar-refractivity contribution in [3.63, 3.8) is 0 Å². The van der Waals surface area contributed by atoms with Gasteiger partial charge in [-0.2, -0.15) is 5.10 Å². The van der Waals surface area contributed by atoms with Crippen molar-refractivity contribution in [1.82, 2.24) is 0 Å². The van der Waals surface area contributed by atoms with Gasteiger partial charge >= 0.3 is 0 Å². The molecule has 0 aromatic heterocycles. The number of rotatable bonds is 1. The molecule has 0 radical (unpaired) electrons. The van der Waals surface area contributed by atoms with E-state index in [4.69, 9.17) is 0 Å². The Morgan fingerprint density at radius 1 is 1.36 bits per heavy atom. The molecule has 0 bridgehead atoms. The Bertz CT molecular complexity index is 388. The van der Waals surface area contributed by atoms with Crippen LogP contribution < -0.4 is 5.01 Å². The number of hydrogen-bond donors (Lipinski definition) is 0. The molecule has 1 heterocycles. The third kappa shape index (κ3) is 1.60. The molecule has 0 saturated carbocycles. The fraction of sp³-hybridized carbons (Fsp3) is 0.300. The van der Waals surface area contributed by atoms with Crippen LogP contribution in [0.25, 0.3) is 0 Å². The summed E-state index contributed by atoms with van der Waals surface area (Å²) in [4.78, 5) is 0. The zero-order valence-corrected chi connectivity index (χ0v) is 7.80. The highest BCUT2D eigenvalue weighted by atomic mass is 19.1. The Hall–Kier alpha value is -1.45. The van der Waals surface area contributed by atoms with Gasteiger partial charge in [-0.1, -0.05) is 0 Å². The molecule has 0 N–H and O–H groups in total. The number of benzene rings is 1. The minimum absolute atomic E-state index is 0.336. The molecule has 0 atom stereocenters. The predicted octanol–water partition coefficient (Wildman–Crippen LogP) is 2.55. The summed E-state index contributed by atoms with van der Waals surface area (Å²) in [5.41, 5.74) is 1.30. The van der Waals surface area contributed by atoms with E-state index in [0.29, 0.717) is 12.2 Å². The lowest BCUT2D eigenvalue weighted by atomic mass is 10.2. The molecule has 4 heteroatoms. The van der Waals surface area contributed by atoms with Crippen molar-refractivity contribution in [2.75, 3.05) is 11.6 Å². The second kappa shape index (κ2) is 3.36. The fourth-order valence-corrected chi connectivity index (χ4v) is 1.44. The van der Waals surface area contributed by atoms with Crippen molar-refractivity contribution in [2.45, 2.75) is 13.3 Å². The summed E-state index contributed by atoms with van der Waals surface area (Å²) in [6.07, 6.45) is 0.830. The largest absolute Gasteiger partial charge is 0.262 e. The first kappa shape index (κ1) is 9.12. The SMILES string of the molecule is CC1=NN(c2ccc(F)cc2F)CC1. The zero-order valence-electron chi connectivity index (χ0n) is 7.80. The number of halogens is 2. The summed E-state index contributed by atoms with van der Waals surface area (Å²) >= 11 is 0. The summed E-state index contributed by atoms with van der Waals surface area (Å²) in [6.45, 7) is 2.55. The van der Waals surface area contributed by atoms with Crippen molar-refractivity contribution in [3.8, 4) is 0 Å². The standard InChI is InChI=1S/C10H10F2N2/c1-7-4-5-14(13-7)10-3-2-8(11)6-9(10)12/h2-3,6H,4-5H2,1H3. The maximum Gasteiger partial charge on any atom is 0.151 e. The molecule has 0 aliphatic carbocycles. The summed E-state index contributed by atoms with van der Waals surface area (Å²) in [5.74, 6) is -1.13. The molecule has 0 saturated heterocycles. The third-order valence-corrected chi connectivity index (χ3v) is 2.16. The topological polar surface area (TPSA) is 15.6 Å². The van der Waals surface area contributed by atoms with Crippen LogP contribution in [0.15, 0.2) is 23.3 Å². The molecule has 74 valence electrons. The molecule has 1 aliphatic rings. The van der Waals surface area contributed by atoms with Gasteiger partial charge in [0.05, 0.1) is 5.69 Å². The maximum absolute atomic E-state index is 13.3. The number of nitrogens with zero attached hydrogens (tertiary/aromatic N) is 2. The van der Waals surface area contributed by atoms with E-state index in [1.807, 2.05) is 6.92 Å². The van der Waals surface area contributed by atoms with Crippen LogP contribution in [0.4, 0.5) is 14.5 Å². The lowest BCUT2D eigenvalue weighted by molar-refractivity contribution is 0.580. The van der Waals surface area contributed by atoms with Crippen molar-refractivity contribution >= 4 is 11.4 Å². The van der Waals surface area contributed by atoms with Gasteiger partial charge in [0.15, 0.2) is 5.82 Å². The van der Waals surface area contributed by atoms with E-state index in [1.165, 1.54) is 12.1 Å². The molecule has 1 aromatic rings. The van der Waals surface area contributed by atoms with Crippen molar-refractivity contribution in [1.29, 1.82) is 0 Å². The van der Waals surface area contributed by atoms with Crippen LogP contribution in [0.5, 0.6) is 0 Å². The van der Waals surface area contributed by atoms with Crippen LogP contribution in [0.3, 0.4) is 0 Å². The summed E-state index contributed by atoms with van der Waals surface area (Å²) in [6, 6.07) is 3.52. The van der Waals surface area contributed by atoms with Crippen molar-refractivity contribution in [3.05, 3.63) is 29.8 Å². The Balaban J connectivity index is 2.33.